The minimum atomic E-state index is -0.0542. The number of aryl methyl sites for hydroxylation is 1. The average molecular weight is 464 g/mol. The number of hydrogen-bond donors (Lipinski definition) is 2. The fourth-order valence-electron chi connectivity index (χ4n) is 4.03. The fourth-order valence-corrected chi connectivity index (χ4v) is 4.03. The van der Waals surface area contributed by atoms with Crippen molar-refractivity contribution in [1.82, 2.24) is 25.4 Å². The minimum Gasteiger partial charge on any atom is -0.352 e. The quantitative estimate of drug-likeness (QED) is 0.561. The van der Waals surface area contributed by atoms with Gasteiger partial charge in [0.2, 0.25) is 0 Å². The van der Waals surface area contributed by atoms with E-state index in [1.54, 1.807) is 6.20 Å². The van der Waals surface area contributed by atoms with E-state index in [2.05, 4.69) is 42.6 Å². The van der Waals surface area contributed by atoms with Crippen LogP contribution in [0.5, 0.6) is 0 Å². The maximum Gasteiger partial charge on any atom is 0.252 e. The summed E-state index contributed by atoms with van der Waals surface area (Å²) >= 11 is 0. The first-order valence-corrected chi connectivity index (χ1v) is 10.5. The highest BCUT2D eigenvalue weighted by Gasteiger charge is 2.20. The molecule has 168 valence electrons. The van der Waals surface area contributed by atoms with E-state index in [1.807, 2.05) is 28.9 Å². The number of fused-ring (bicyclic) bond motifs is 1. The van der Waals surface area contributed by atoms with Gasteiger partial charge >= 0.3 is 0 Å². The Bertz CT molecular complexity index is 1030. The Kier molecular flexibility index (Phi) is 8.86. The molecule has 1 saturated heterocycles. The SMILES string of the molecule is Cc1ccccc1-c1cc(C(=O)NCCC2CCNC2)c2cnn(C(C)C)c2n1.Cl.Cl. The van der Waals surface area contributed by atoms with Crippen molar-refractivity contribution >= 4 is 41.8 Å². The van der Waals surface area contributed by atoms with Gasteiger partial charge in [-0.3, -0.25) is 4.79 Å². The van der Waals surface area contributed by atoms with Crippen LogP contribution in [0.15, 0.2) is 36.5 Å². The maximum atomic E-state index is 13.1. The maximum absolute atomic E-state index is 13.1. The Hall–Kier alpha value is -2.15. The van der Waals surface area contributed by atoms with E-state index in [0.29, 0.717) is 18.0 Å². The molecule has 1 aromatic carbocycles. The van der Waals surface area contributed by atoms with Gasteiger partial charge in [0.1, 0.15) is 0 Å². The molecular weight excluding hydrogens is 433 g/mol. The molecule has 1 aliphatic heterocycles. The molecule has 3 heterocycles. The lowest BCUT2D eigenvalue weighted by molar-refractivity contribution is 0.0953. The lowest BCUT2D eigenvalue weighted by atomic mass is 10.0. The number of hydrogen-bond acceptors (Lipinski definition) is 4. The first kappa shape index (κ1) is 25.1. The molecule has 0 radical (unpaired) electrons. The monoisotopic (exact) mass is 463 g/mol. The summed E-state index contributed by atoms with van der Waals surface area (Å²) < 4.78 is 1.89. The third kappa shape index (κ3) is 5.37. The molecule has 0 spiro atoms. The first-order valence-electron chi connectivity index (χ1n) is 10.5. The highest BCUT2D eigenvalue weighted by molar-refractivity contribution is 6.06. The molecule has 6 nitrogen and oxygen atoms in total. The van der Waals surface area contributed by atoms with Gasteiger partial charge in [-0.2, -0.15) is 5.10 Å². The number of carbonyl (C=O) groups excluding carboxylic acids is 1. The predicted molar refractivity (Wildman–Crippen MR) is 131 cm³/mol. The fraction of sp³-hybridized carbons (Fsp3) is 0.435. The van der Waals surface area contributed by atoms with E-state index in [9.17, 15) is 4.79 Å². The number of nitrogens with one attached hydrogen (secondary N) is 2. The molecule has 1 aliphatic rings. The molecule has 1 fully saturated rings. The second-order valence-corrected chi connectivity index (χ2v) is 8.19. The summed E-state index contributed by atoms with van der Waals surface area (Å²) in [5.74, 6) is 0.598. The van der Waals surface area contributed by atoms with Crippen molar-refractivity contribution in [3.8, 4) is 11.3 Å². The van der Waals surface area contributed by atoms with Gasteiger partial charge in [0, 0.05) is 18.2 Å². The Morgan fingerprint density at radius 3 is 2.74 bits per heavy atom. The Morgan fingerprint density at radius 1 is 1.29 bits per heavy atom. The summed E-state index contributed by atoms with van der Waals surface area (Å²) in [6.45, 7) is 9.03. The molecule has 0 aliphatic carbocycles. The second kappa shape index (κ2) is 10.9. The number of nitrogens with zero attached hydrogens (tertiary/aromatic N) is 3. The summed E-state index contributed by atoms with van der Waals surface area (Å²) in [5, 5.41) is 11.8. The molecular formula is C23H31Cl2N5O. The van der Waals surface area contributed by atoms with E-state index in [0.717, 1.165) is 47.4 Å². The molecule has 1 atom stereocenters. The second-order valence-electron chi connectivity index (χ2n) is 8.19. The highest BCUT2D eigenvalue weighted by atomic mass is 35.5. The standard InChI is InChI=1S/C23H29N5O.2ClH/c1-15(2)28-22-20(14-26-28)19(23(29)25-11-9-17-8-10-24-13-17)12-21(27-22)18-7-5-4-6-16(18)3;;/h4-7,12,14-15,17,24H,8-11,13H2,1-3H3,(H,25,29);2*1H. The molecule has 0 saturated carbocycles. The van der Waals surface area contributed by atoms with Crippen LogP contribution in [0.1, 0.15) is 48.7 Å². The minimum absolute atomic E-state index is 0. The Labute approximate surface area is 196 Å². The normalized spacial score (nSPS) is 15.5. The lowest BCUT2D eigenvalue weighted by Crippen LogP contribution is -2.26. The van der Waals surface area contributed by atoms with E-state index >= 15 is 0 Å². The molecule has 2 N–H and O–H groups in total. The van der Waals surface area contributed by atoms with Gasteiger partial charge < -0.3 is 10.6 Å². The van der Waals surface area contributed by atoms with Crippen molar-refractivity contribution in [1.29, 1.82) is 0 Å². The molecule has 31 heavy (non-hydrogen) atoms. The summed E-state index contributed by atoms with van der Waals surface area (Å²) in [6.07, 6.45) is 3.95. The molecule has 4 rings (SSSR count). The van der Waals surface area contributed by atoms with Gasteiger partial charge in [-0.05, 0) is 64.3 Å². The first-order chi connectivity index (χ1) is 14.0. The smallest absolute Gasteiger partial charge is 0.252 e. The third-order valence-corrected chi connectivity index (χ3v) is 5.72. The third-order valence-electron chi connectivity index (χ3n) is 5.72. The number of benzene rings is 1. The largest absolute Gasteiger partial charge is 0.352 e. The van der Waals surface area contributed by atoms with Crippen molar-refractivity contribution in [2.75, 3.05) is 19.6 Å². The van der Waals surface area contributed by atoms with Crippen LogP contribution >= 0.6 is 24.8 Å². The molecule has 8 heteroatoms. The highest BCUT2D eigenvalue weighted by Crippen LogP contribution is 2.28. The molecule has 2 aromatic heterocycles. The van der Waals surface area contributed by atoms with Crippen molar-refractivity contribution in [3.63, 3.8) is 0 Å². The zero-order valence-electron chi connectivity index (χ0n) is 18.2. The van der Waals surface area contributed by atoms with Crippen molar-refractivity contribution in [2.24, 2.45) is 5.92 Å². The number of pyridine rings is 1. The molecule has 0 bridgehead atoms. The van der Waals surface area contributed by atoms with Crippen LogP contribution in [0.3, 0.4) is 0 Å². The van der Waals surface area contributed by atoms with E-state index in [4.69, 9.17) is 4.98 Å². The Morgan fingerprint density at radius 2 is 2.06 bits per heavy atom. The van der Waals surface area contributed by atoms with Gasteiger partial charge in [-0.25, -0.2) is 9.67 Å². The number of amides is 1. The van der Waals surface area contributed by atoms with Crippen molar-refractivity contribution < 1.29 is 4.79 Å². The van der Waals surface area contributed by atoms with E-state index in [1.165, 1.54) is 6.42 Å². The average Bonchev–Trinajstić information content (AvgIpc) is 3.37. The van der Waals surface area contributed by atoms with Gasteiger partial charge in [-0.15, -0.1) is 24.8 Å². The van der Waals surface area contributed by atoms with Crippen LogP contribution in [0.4, 0.5) is 0 Å². The summed E-state index contributed by atoms with van der Waals surface area (Å²) in [7, 11) is 0. The number of aromatic nitrogens is 3. The van der Waals surface area contributed by atoms with Gasteiger partial charge in [-0.1, -0.05) is 24.3 Å². The van der Waals surface area contributed by atoms with Gasteiger partial charge in [0.15, 0.2) is 5.65 Å². The number of rotatable bonds is 6. The predicted octanol–water partition coefficient (Wildman–Crippen LogP) is 4.56. The van der Waals surface area contributed by atoms with Crippen LogP contribution in [0, 0.1) is 12.8 Å². The van der Waals surface area contributed by atoms with Gasteiger partial charge in [0.25, 0.3) is 5.91 Å². The van der Waals surface area contributed by atoms with Crippen LogP contribution in [0.25, 0.3) is 22.3 Å². The van der Waals surface area contributed by atoms with Crippen molar-refractivity contribution in [3.05, 3.63) is 47.7 Å². The number of carbonyl (C=O) groups is 1. The van der Waals surface area contributed by atoms with Crippen LogP contribution in [-0.2, 0) is 0 Å². The molecule has 1 unspecified atom stereocenters. The van der Waals surface area contributed by atoms with E-state index < -0.39 is 0 Å². The number of halogens is 2. The lowest BCUT2D eigenvalue weighted by Gasteiger charge is -2.13. The van der Waals surface area contributed by atoms with Crippen molar-refractivity contribution in [2.45, 2.75) is 39.7 Å². The zero-order chi connectivity index (χ0) is 20.4. The Balaban J connectivity index is 0.00000171. The van der Waals surface area contributed by atoms with E-state index in [-0.39, 0.29) is 36.8 Å². The zero-order valence-corrected chi connectivity index (χ0v) is 19.9. The van der Waals surface area contributed by atoms with Crippen LogP contribution < -0.4 is 10.6 Å². The van der Waals surface area contributed by atoms with Crippen LogP contribution in [0.2, 0.25) is 0 Å². The summed E-state index contributed by atoms with van der Waals surface area (Å²) in [6, 6.07) is 10.2. The van der Waals surface area contributed by atoms with Gasteiger partial charge in [0.05, 0.1) is 22.8 Å². The molecule has 1 amide bonds. The molecule has 3 aromatic rings. The topological polar surface area (TPSA) is 71.8 Å². The van der Waals surface area contributed by atoms with Crippen LogP contribution in [-0.4, -0.2) is 40.3 Å². The summed E-state index contributed by atoms with van der Waals surface area (Å²) in [5.41, 5.74) is 4.38. The summed E-state index contributed by atoms with van der Waals surface area (Å²) in [4.78, 5) is 18.0.